The van der Waals surface area contributed by atoms with E-state index in [2.05, 4.69) is 5.32 Å². The van der Waals surface area contributed by atoms with Crippen LogP contribution in [0, 0.1) is 0 Å². The van der Waals surface area contributed by atoms with Gasteiger partial charge in [-0.2, -0.15) is 0 Å². The number of carbonyl (C=O) groups excluding carboxylic acids is 4. The predicted octanol–water partition coefficient (Wildman–Crippen LogP) is 0.311. The van der Waals surface area contributed by atoms with Crippen molar-refractivity contribution in [2.24, 2.45) is 0 Å². The Morgan fingerprint density at radius 1 is 1.23 bits per heavy atom. The molecule has 1 N–H and O–H groups in total. The lowest BCUT2D eigenvalue weighted by molar-refractivity contribution is -0.149. The first-order valence-electron chi connectivity index (χ1n) is 6.83. The van der Waals surface area contributed by atoms with Crippen molar-refractivity contribution in [3.63, 3.8) is 0 Å². The molecule has 0 radical (unpaired) electrons. The number of hydrogen-bond acceptors (Lipinski definition) is 4. The summed E-state index contributed by atoms with van der Waals surface area (Å²) in [6.45, 7) is 1.26. The largest absolute Gasteiger partial charge is 0.295 e. The summed E-state index contributed by atoms with van der Waals surface area (Å²) in [5, 5.41) is 2.11. The molecule has 3 rings (SSSR count). The third-order valence-corrected chi connectivity index (χ3v) is 3.82. The van der Waals surface area contributed by atoms with Gasteiger partial charge in [0.1, 0.15) is 11.7 Å². The molecule has 2 saturated heterocycles. The monoisotopic (exact) mass is 304 g/mol. The van der Waals surface area contributed by atoms with Gasteiger partial charge in [-0.1, -0.05) is 6.08 Å². The first kappa shape index (κ1) is 14.4. The maximum absolute atomic E-state index is 14.2. The molecule has 7 heteroatoms. The molecule has 6 nitrogen and oxygen atoms in total. The van der Waals surface area contributed by atoms with Crippen molar-refractivity contribution >= 4 is 23.6 Å². The predicted molar refractivity (Wildman–Crippen MR) is 72.8 cm³/mol. The molecule has 2 atom stereocenters. The molecule has 2 aliphatic heterocycles. The summed E-state index contributed by atoms with van der Waals surface area (Å²) < 4.78 is 14.2. The molecule has 0 aromatic heterocycles. The molecule has 0 aromatic carbocycles. The van der Waals surface area contributed by atoms with E-state index >= 15 is 0 Å². The molecule has 2 unspecified atom stereocenters. The van der Waals surface area contributed by atoms with E-state index in [4.69, 9.17) is 0 Å². The van der Waals surface area contributed by atoms with Crippen LogP contribution in [0.15, 0.2) is 35.5 Å². The average molecular weight is 304 g/mol. The fourth-order valence-corrected chi connectivity index (χ4v) is 2.76. The molecule has 0 aromatic rings. The summed E-state index contributed by atoms with van der Waals surface area (Å²) in [7, 11) is 0. The SMILES string of the molecule is CC1(F)C=CC=C2C(=O)N(C3CCC(=O)NC3=O)C(=O)C2=C1. The number of imide groups is 2. The van der Waals surface area contributed by atoms with Gasteiger partial charge in [0.2, 0.25) is 11.8 Å². The van der Waals surface area contributed by atoms with E-state index in [0.29, 0.717) is 0 Å². The summed E-state index contributed by atoms with van der Waals surface area (Å²) in [4.78, 5) is 48.7. The topological polar surface area (TPSA) is 83.6 Å². The van der Waals surface area contributed by atoms with E-state index in [1.54, 1.807) is 0 Å². The Balaban J connectivity index is 1.99. The average Bonchev–Trinajstić information content (AvgIpc) is 2.58. The van der Waals surface area contributed by atoms with Crippen molar-refractivity contribution in [1.29, 1.82) is 0 Å². The number of fused-ring (bicyclic) bond motifs is 1. The van der Waals surface area contributed by atoms with Crippen LogP contribution in [0.4, 0.5) is 4.39 Å². The second-order valence-electron chi connectivity index (χ2n) is 5.60. The van der Waals surface area contributed by atoms with E-state index in [9.17, 15) is 23.6 Å². The van der Waals surface area contributed by atoms with E-state index in [-0.39, 0.29) is 24.0 Å². The van der Waals surface area contributed by atoms with Crippen molar-refractivity contribution < 1.29 is 23.6 Å². The normalized spacial score (nSPS) is 31.5. The van der Waals surface area contributed by atoms with Crippen LogP contribution in [0.25, 0.3) is 0 Å². The molecular formula is C15H13FN2O4. The first-order chi connectivity index (χ1) is 10.3. The Kier molecular flexibility index (Phi) is 3.09. The second-order valence-corrected chi connectivity index (χ2v) is 5.60. The van der Waals surface area contributed by atoms with Gasteiger partial charge in [0.05, 0.1) is 11.1 Å². The van der Waals surface area contributed by atoms with Gasteiger partial charge >= 0.3 is 0 Å². The number of amides is 4. The Labute approximate surface area is 125 Å². The van der Waals surface area contributed by atoms with Crippen LogP contribution in [0.1, 0.15) is 19.8 Å². The highest BCUT2D eigenvalue weighted by atomic mass is 19.1. The smallest absolute Gasteiger partial charge is 0.262 e. The number of carbonyl (C=O) groups is 4. The molecule has 3 aliphatic rings. The maximum Gasteiger partial charge on any atom is 0.262 e. The second kappa shape index (κ2) is 4.72. The number of alkyl halides is 1. The van der Waals surface area contributed by atoms with Crippen molar-refractivity contribution in [1.82, 2.24) is 10.2 Å². The van der Waals surface area contributed by atoms with Gasteiger partial charge in [0.25, 0.3) is 11.8 Å². The molecule has 0 spiro atoms. The zero-order valence-corrected chi connectivity index (χ0v) is 11.8. The number of piperidine rings is 1. The Morgan fingerprint density at radius 2 is 1.91 bits per heavy atom. The lowest BCUT2D eigenvalue weighted by atomic mass is 10.0. The van der Waals surface area contributed by atoms with Crippen LogP contribution < -0.4 is 5.32 Å². The van der Waals surface area contributed by atoms with E-state index < -0.39 is 35.3 Å². The zero-order valence-electron chi connectivity index (χ0n) is 11.8. The van der Waals surface area contributed by atoms with Crippen LogP contribution in [0.5, 0.6) is 0 Å². The number of rotatable bonds is 1. The standard InChI is InChI=1S/C15H13FN2O4/c1-15(16)6-2-3-8-9(7-15)14(22)18(13(8)21)10-4-5-11(19)17-12(10)20/h2-3,6-7,10H,4-5H2,1H3,(H,17,19,20). The quantitative estimate of drug-likeness (QED) is 0.707. The first-order valence-corrected chi connectivity index (χ1v) is 6.83. The number of nitrogens with one attached hydrogen (secondary N) is 1. The van der Waals surface area contributed by atoms with Crippen LogP contribution in [-0.4, -0.2) is 40.2 Å². The van der Waals surface area contributed by atoms with E-state index in [0.717, 1.165) is 11.0 Å². The van der Waals surface area contributed by atoms with E-state index in [1.165, 1.54) is 25.2 Å². The Hall–Kier alpha value is -2.57. The van der Waals surface area contributed by atoms with Gasteiger partial charge in [-0.25, -0.2) is 4.39 Å². The fourth-order valence-electron chi connectivity index (χ4n) is 2.76. The lowest BCUT2D eigenvalue weighted by Gasteiger charge is -2.27. The molecule has 1 aliphatic carbocycles. The van der Waals surface area contributed by atoms with Crippen molar-refractivity contribution in [2.75, 3.05) is 0 Å². The minimum absolute atomic E-state index is 0.0479. The van der Waals surface area contributed by atoms with Gasteiger partial charge in [-0.3, -0.25) is 29.4 Å². The molecule has 2 heterocycles. The van der Waals surface area contributed by atoms with Gasteiger partial charge in [-0.05, 0) is 31.6 Å². The molecule has 0 saturated carbocycles. The van der Waals surface area contributed by atoms with Crippen LogP contribution in [0.2, 0.25) is 0 Å². The van der Waals surface area contributed by atoms with Crippen molar-refractivity contribution in [3.8, 4) is 0 Å². The van der Waals surface area contributed by atoms with Gasteiger partial charge in [0, 0.05) is 6.42 Å². The minimum atomic E-state index is -1.86. The summed E-state index contributed by atoms with van der Waals surface area (Å²) >= 11 is 0. The number of halogens is 1. The molecule has 22 heavy (non-hydrogen) atoms. The molecular weight excluding hydrogens is 291 g/mol. The molecule has 4 amide bonds. The third kappa shape index (κ3) is 2.18. The lowest BCUT2D eigenvalue weighted by Crippen LogP contribution is -2.54. The highest BCUT2D eigenvalue weighted by molar-refractivity contribution is 6.26. The van der Waals surface area contributed by atoms with Gasteiger partial charge in [0.15, 0.2) is 0 Å². The fraction of sp³-hybridized carbons (Fsp3) is 0.333. The van der Waals surface area contributed by atoms with Gasteiger partial charge < -0.3 is 0 Å². The molecule has 2 fully saturated rings. The summed E-state index contributed by atoms with van der Waals surface area (Å²) in [6.07, 6.45) is 5.18. The van der Waals surface area contributed by atoms with Crippen molar-refractivity contribution in [2.45, 2.75) is 31.5 Å². The number of likely N-dealkylation sites (tertiary alicyclic amines) is 1. The highest BCUT2D eigenvalue weighted by Gasteiger charge is 2.47. The van der Waals surface area contributed by atoms with E-state index in [1.807, 2.05) is 0 Å². The third-order valence-electron chi connectivity index (χ3n) is 3.82. The van der Waals surface area contributed by atoms with Crippen molar-refractivity contribution in [3.05, 3.63) is 35.5 Å². The molecule has 0 bridgehead atoms. The van der Waals surface area contributed by atoms with Crippen LogP contribution in [0.3, 0.4) is 0 Å². The van der Waals surface area contributed by atoms with Gasteiger partial charge in [-0.15, -0.1) is 0 Å². The number of nitrogens with zero attached hydrogens (tertiary/aromatic N) is 1. The summed E-state index contributed by atoms with van der Waals surface area (Å²) in [6, 6.07) is -1.04. The maximum atomic E-state index is 14.2. The Bertz CT molecular complexity index is 702. The van der Waals surface area contributed by atoms with Crippen LogP contribution in [-0.2, 0) is 19.2 Å². The minimum Gasteiger partial charge on any atom is -0.295 e. The zero-order chi connectivity index (χ0) is 16.1. The van der Waals surface area contributed by atoms with Crippen LogP contribution >= 0.6 is 0 Å². The Morgan fingerprint density at radius 3 is 2.59 bits per heavy atom. The summed E-state index contributed by atoms with van der Waals surface area (Å²) in [5.74, 6) is -2.48. The molecule has 114 valence electrons. The highest BCUT2D eigenvalue weighted by Crippen LogP contribution is 2.33. The number of allylic oxidation sites excluding steroid dienone is 4. The summed E-state index contributed by atoms with van der Waals surface area (Å²) in [5.41, 5.74) is -1.85. The number of hydrogen-bond donors (Lipinski definition) is 1.